The molecular weight excluding hydrogens is 408 g/mol. The second kappa shape index (κ2) is 9.34. The van der Waals surface area contributed by atoms with Crippen LogP contribution >= 0.6 is 0 Å². The van der Waals surface area contributed by atoms with Crippen LogP contribution in [0.5, 0.6) is 11.6 Å². The number of hydrogen-bond acceptors (Lipinski definition) is 7. The van der Waals surface area contributed by atoms with Crippen molar-refractivity contribution in [2.24, 2.45) is 0 Å². The van der Waals surface area contributed by atoms with Gasteiger partial charge < -0.3 is 19.7 Å². The molecule has 1 N–H and O–H groups in total. The lowest BCUT2D eigenvalue weighted by Gasteiger charge is -2.12. The third kappa shape index (κ3) is 4.61. The minimum Gasteiger partial charge on any atom is -0.497 e. The van der Waals surface area contributed by atoms with Gasteiger partial charge in [0, 0.05) is 37.0 Å². The molecule has 0 fully saturated rings. The van der Waals surface area contributed by atoms with Crippen molar-refractivity contribution in [3.05, 3.63) is 66.2 Å². The number of fused-ring (bicyclic) bond motifs is 1. The molecular formula is C23H24N6O3. The summed E-state index contributed by atoms with van der Waals surface area (Å²) in [7, 11) is 5.53. The molecule has 0 atom stereocenters. The second-order valence-electron chi connectivity index (χ2n) is 7.24. The van der Waals surface area contributed by atoms with E-state index in [0.717, 1.165) is 17.0 Å². The average molecular weight is 432 g/mol. The van der Waals surface area contributed by atoms with Crippen molar-refractivity contribution >= 4 is 17.2 Å². The normalized spacial score (nSPS) is 10.7. The van der Waals surface area contributed by atoms with E-state index in [1.54, 1.807) is 35.9 Å². The van der Waals surface area contributed by atoms with Gasteiger partial charge in [-0.25, -0.2) is 0 Å². The molecule has 0 aliphatic heterocycles. The standard InChI is InChI=1S/C23H24N6O3/c1-28(2)18-8-4-17(5-9-18)23(30)24-14-15-32-21-13-12-20-25-26-22(29(20)27-21)16-6-10-19(31-3)11-7-16/h4-13H,14-15H2,1-3H3,(H,24,30). The summed E-state index contributed by atoms with van der Waals surface area (Å²) < 4.78 is 12.5. The zero-order valence-electron chi connectivity index (χ0n) is 18.1. The summed E-state index contributed by atoms with van der Waals surface area (Å²) in [6.07, 6.45) is 0. The van der Waals surface area contributed by atoms with Gasteiger partial charge in [0.05, 0.1) is 13.7 Å². The monoisotopic (exact) mass is 432 g/mol. The molecule has 0 bridgehead atoms. The van der Waals surface area contributed by atoms with E-state index in [1.807, 2.05) is 55.4 Å². The smallest absolute Gasteiger partial charge is 0.251 e. The van der Waals surface area contributed by atoms with Gasteiger partial charge in [-0.05, 0) is 54.6 Å². The highest BCUT2D eigenvalue weighted by molar-refractivity contribution is 5.94. The summed E-state index contributed by atoms with van der Waals surface area (Å²) in [5.74, 6) is 1.62. The highest BCUT2D eigenvalue weighted by Gasteiger charge is 2.11. The van der Waals surface area contributed by atoms with Crippen LogP contribution in [0, 0.1) is 0 Å². The van der Waals surface area contributed by atoms with E-state index in [1.165, 1.54) is 0 Å². The molecule has 0 radical (unpaired) electrons. The fourth-order valence-corrected chi connectivity index (χ4v) is 3.10. The summed E-state index contributed by atoms with van der Waals surface area (Å²) in [4.78, 5) is 14.3. The first kappa shape index (κ1) is 21.1. The number of hydrogen-bond donors (Lipinski definition) is 1. The number of rotatable bonds is 8. The van der Waals surface area contributed by atoms with Crippen molar-refractivity contribution in [1.82, 2.24) is 25.1 Å². The molecule has 9 heteroatoms. The quantitative estimate of drug-likeness (QED) is 0.428. The van der Waals surface area contributed by atoms with Crippen LogP contribution in [0.3, 0.4) is 0 Å². The van der Waals surface area contributed by atoms with E-state index in [-0.39, 0.29) is 12.5 Å². The molecule has 4 rings (SSSR count). The lowest BCUT2D eigenvalue weighted by Crippen LogP contribution is -2.28. The van der Waals surface area contributed by atoms with Gasteiger partial charge in [0.15, 0.2) is 11.5 Å². The summed E-state index contributed by atoms with van der Waals surface area (Å²) in [6, 6.07) is 18.4. The molecule has 0 aliphatic rings. The predicted octanol–water partition coefficient (Wildman–Crippen LogP) is 2.67. The zero-order valence-corrected chi connectivity index (χ0v) is 18.1. The number of anilines is 1. The van der Waals surface area contributed by atoms with Gasteiger partial charge in [-0.2, -0.15) is 4.52 Å². The molecule has 4 aromatic rings. The first-order chi connectivity index (χ1) is 15.5. The fourth-order valence-electron chi connectivity index (χ4n) is 3.10. The third-order valence-electron chi connectivity index (χ3n) is 4.87. The van der Waals surface area contributed by atoms with Crippen LogP contribution in [0.15, 0.2) is 60.7 Å². The number of carbonyl (C=O) groups is 1. The Balaban J connectivity index is 1.36. The highest BCUT2D eigenvalue weighted by Crippen LogP contribution is 2.21. The summed E-state index contributed by atoms with van der Waals surface area (Å²) in [5.41, 5.74) is 3.10. The average Bonchev–Trinajstić information content (AvgIpc) is 3.25. The first-order valence-corrected chi connectivity index (χ1v) is 10.1. The van der Waals surface area contributed by atoms with Gasteiger partial charge >= 0.3 is 0 Å². The Kier molecular flexibility index (Phi) is 6.16. The Morgan fingerprint density at radius 2 is 1.75 bits per heavy atom. The van der Waals surface area contributed by atoms with Gasteiger partial charge in [-0.15, -0.1) is 15.3 Å². The maximum Gasteiger partial charge on any atom is 0.251 e. The maximum atomic E-state index is 12.3. The molecule has 0 saturated heterocycles. The van der Waals surface area contributed by atoms with Crippen molar-refractivity contribution in [1.29, 1.82) is 0 Å². The van der Waals surface area contributed by atoms with Crippen LogP contribution < -0.4 is 19.7 Å². The summed E-state index contributed by atoms with van der Waals surface area (Å²) in [6.45, 7) is 0.627. The van der Waals surface area contributed by atoms with Crippen molar-refractivity contribution in [2.45, 2.75) is 0 Å². The zero-order chi connectivity index (χ0) is 22.5. The van der Waals surface area contributed by atoms with Gasteiger partial charge in [0.25, 0.3) is 5.91 Å². The largest absolute Gasteiger partial charge is 0.497 e. The maximum absolute atomic E-state index is 12.3. The second-order valence-corrected chi connectivity index (χ2v) is 7.24. The third-order valence-corrected chi connectivity index (χ3v) is 4.87. The number of nitrogens with one attached hydrogen (secondary N) is 1. The molecule has 1 amide bonds. The molecule has 2 heterocycles. The minimum absolute atomic E-state index is 0.150. The molecule has 32 heavy (non-hydrogen) atoms. The number of ether oxygens (including phenoxy) is 2. The van der Waals surface area contributed by atoms with Crippen LogP contribution in [-0.2, 0) is 0 Å². The molecule has 9 nitrogen and oxygen atoms in total. The Labute approximate surface area is 185 Å². The lowest BCUT2D eigenvalue weighted by molar-refractivity contribution is 0.0946. The summed E-state index contributed by atoms with van der Waals surface area (Å²) in [5, 5.41) is 15.7. The Morgan fingerprint density at radius 1 is 1.00 bits per heavy atom. The number of amides is 1. The molecule has 0 saturated carbocycles. The van der Waals surface area contributed by atoms with Crippen LogP contribution in [0.2, 0.25) is 0 Å². The van der Waals surface area contributed by atoms with E-state index < -0.39 is 0 Å². The molecule has 2 aromatic heterocycles. The predicted molar refractivity (Wildman–Crippen MR) is 121 cm³/mol. The number of methoxy groups -OCH3 is 1. The number of benzene rings is 2. The SMILES string of the molecule is COc1ccc(-c2nnc3ccc(OCCNC(=O)c4ccc(N(C)C)cc4)nn23)cc1. The number of carbonyl (C=O) groups excluding carboxylic acids is 1. The van der Waals surface area contributed by atoms with Crippen molar-refractivity contribution in [3.63, 3.8) is 0 Å². The highest BCUT2D eigenvalue weighted by atomic mass is 16.5. The van der Waals surface area contributed by atoms with Crippen molar-refractivity contribution in [2.75, 3.05) is 39.3 Å². The van der Waals surface area contributed by atoms with E-state index in [9.17, 15) is 4.79 Å². The van der Waals surface area contributed by atoms with Gasteiger partial charge in [-0.3, -0.25) is 4.79 Å². The van der Waals surface area contributed by atoms with Crippen LogP contribution in [0.4, 0.5) is 5.69 Å². The molecule has 164 valence electrons. The van der Waals surface area contributed by atoms with Crippen LogP contribution in [0.1, 0.15) is 10.4 Å². The van der Waals surface area contributed by atoms with Gasteiger partial charge in [-0.1, -0.05) is 0 Å². The Hall–Kier alpha value is -4.14. The molecule has 0 spiro atoms. The molecule has 2 aromatic carbocycles. The van der Waals surface area contributed by atoms with Gasteiger partial charge in [0.1, 0.15) is 12.4 Å². The van der Waals surface area contributed by atoms with Crippen LogP contribution in [-0.4, -0.2) is 60.1 Å². The van der Waals surface area contributed by atoms with E-state index in [2.05, 4.69) is 20.6 Å². The van der Waals surface area contributed by atoms with E-state index in [4.69, 9.17) is 9.47 Å². The lowest BCUT2D eigenvalue weighted by atomic mass is 10.2. The fraction of sp³-hybridized carbons (Fsp3) is 0.217. The summed E-state index contributed by atoms with van der Waals surface area (Å²) >= 11 is 0. The van der Waals surface area contributed by atoms with E-state index >= 15 is 0 Å². The Morgan fingerprint density at radius 3 is 2.44 bits per heavy atom. The number of aromatic nitrogens is 4. The molecule has 0 aliphatic carbocycles. The van der Waals surface area contributed by atoms with Crippen molar-refractivity contribution in [3.8, 4) is 23.0 Å². The van der Waals surface area contributed by atoms with Gasteiger partial charge in [0.2, 0.25) is 5.88 Å². The van der Waals surface area contributed by atoms with E-state index in [0.29, 0.717) is 29.5 Å². The van der Waals surface area contributed by atoms with Crippen LogP contribution in [0.25, 0.3) is 17.0 Å². The minimum atomic E-state index is -0.150. The Bertz CT molecular complexity index is 1200. The molecule has 0 unspecified atom stereocenters. The van der Waals surface area contributed by atoms with Crippen molar-refractivity contribution < 1.29 is 14.3 Å². The number of nitrogens with zero attached hydrogens (tertiary/aromatic N) is 5. The topological polar surface area (TPSA) is 93.9 Å². The first-order valence-electron chi connectivity index (χ1n) is 10.1.